The Balaban J connectivity index is 2.70. The Labute approximate surface area is 77.3 Å². The van der Waals surface area contributed by atoms with Crippen LogP contribution >= 0.6 is 11.8 Å². The Bertz CT molecular complexity index is 270. The van der Waals surface area contributed by atoms with Gasteiger partial charge in [0, 0.05) is 17.6 Å². The van der Waals surface area contributed by atoms with Crippen LogP contribution in [0.15, 0.2) is 23.2 Å². The lowest BCUT2D eigenvalue weighted by Gasteiger charge is -2.04. The predicted octanol–water partition coefficient (Wildman–Crippen LogP) is 2.15. The second-order valence-corrected chi connectivity index (χ2v) is 3.38. The molecule has 1 heterocycles. The number of alkyl halides is 3. The van der Waals surface area contributed by atoms with Crippen LogP contribution in [0.25, 0.3) is 0 Å². The maximum Gasteiger partial charge on any atom is 0.446 e. The van der Waals surface area contributed by atoms with Gasteiger partial charge < -0.3 is 5.73 Å². The van der Waals surface area contributed by atoms with Crippen molar-refractivity contribution in [2.45, 2.75) is 16.9 Å². The van der Waals surface area contributed by atoms with Gasteiger partial charge in [0.25, 0.3) is 0 Å². The van der Waals surface area contributed by atoms with Crippen LogP contribution in [-0.2, 0) is 6.54 Å². The van der Waals surface area contributed by atoms with Crippen LogP contribution in [0.1, 0.15) is 5.69 Å². The lowest BCUT2D eigenvalue weighted by molar-refractivity contribution is -0.0328. The summed E-state index contributed by atoms with van der Waals surface area (Å²) in [6, 6.07) is 2.83. The minimum Gasteiger partial charge on any atom is -0.325 e. The smallest absolute Gasteiger partial charge is 0.325 e. The Morgan fingerprint density at radius 3 is 2.46 bits per heavy atom. The van der Waals surface area contributed by atoms with Gasteiger partial charge in [0.15, 0.2) is 0 Å². The van der Waals surface area contributed by atoms with E-state index in [1.807, 2.05) is 0 Å². The van der Waals surface area contributed by atoms with Crippen molar-refractivity contribution in [2.75, 3.05) is 0 Å². The lowest BCUT2D eigenvalue weighted by Crippen LogP contribution is -2.01. The van der Waals surface area contributed by atoms with E-state index in [2.05, 4.69) is 4.98 Å². The summed E-state index contributed by atoms with van der Waals surface area (Å²) in [5.41, 5.74) is 1.55. The summed E-state index contributed by atoms with van der Waals surface area (Å²) < 4.78 is 35.5. The van der Waals surface area contributed by atoms with Gasteiger partial charge in [-0.3, -0.25) is 4.98 Å². The Morgan fingerprint density at radius 1 is 1.38 bits per heavy atom. The molecule has 0 radical (unpaired) electrons. The molecule has 0 atom stereocenters. The third-order valence-corrected chi connectivity index (χ3v) is 1.95. The molecule has 0 amide bonds. The summed E-state index contributed by atoms with van der Waals surface area (Å²) in [4.78, 5) is 3.81. The number of thioether (sulfide) groups is 1. The van der Waals surface area contributed by atoms with Gasteiger partial charge in [-0.15, -0.1) is 0 Å². The van der Waals surface area contributed by atoms with E-state index in [0.29, 0.717) is 5.69 Å². The van der Waals surface area contributed by atoms with Crippen LogP contribution in [0.3, 0.4) is 0 Å². The van der Waals surface area contributed by atoms with Crippen molar-refractivity contribution >= 4 is 11.8 Å². The van der Waals surface area contributed by atoms with Gasteiger partial charge in [-0.05, 0) is 23.9 Å². The van der Waals surface area contributed by atoms with Crippen molar-refractivity contribution in [1.29, 1.82) is 0 Å². The average molecular weight is 208 g/mol. The number of aromatic nitrogens is 1. The fourth-order valence-electron chi connectivity index (χ4n) is 0.726. The molecule has 1 aromatic heterocycles. The molecule has 0 saturated carbocycles. The van der Waals surface area contributed by atoms with E-state index in [1.165, 1.54) is 18.3 Å². The molecule has 0 aliphatic heterocycles. The molecule has 0 spiro atoms. The molecule has 6 heteroatoms. The number of hydrogen-bond donors (Lipinski definition) is 1. The van der Waals surface area contributed by atoms with Crippen LogP contribution in [-0.4, -0.2) is 10.5 Å². The average Bonchev–Trinajstić information content (AvgIpc) is 2.03. The zero-order chi connectivity index (χ0) is 9.90. The van der Waals surface area contributed by atoms with Gasteiger partial charge in [0.05, 0.1) is 5.69 Å². The molecule has 72 valence electrons. The third-order valence-electron chi connectivity index (χ3n) is 1.24. The fraction of sp³-hybridized carbons (Fsp3) is 0.286. The van der Waals surface area contributed by atoms with Crippen molar-refractivity contribution in [1.82, 2.24) is 4.98 Å². The molecule has 0 aromatic carbocycles. The molecule has 0 saturated heterocycles. The molecular weight excluding hydrogens is 201 g/mol. The van der Waals surface area contributed by atoms with E-state index in [0.717, 1.165) is 0 Å². The number of rotatable bonds is 2. The van der Waals surface area contributed by atoms with Crippen LogP contribution in [0.5, 0.6) is 0 Å². The van der Waals surface area contributed by atoms with Gasteiger partial charge in [-0.1, -0.05) is 0 Å². The number of nitrogens with zero attached hydrogens (tertiary/aromatic N) is 1. The summed E-state index contributed by atoms with van der Waals surface area (Å²) in [6.07, 6.45) is 1.17. The number of pyridine rings is 1. The highest BCUT2D eigenvalue weighted by Gasteiger charge is 2.29. The standard InChI is InChI=1S/C7H7F3N2S/c8-7(9,10)13-6-2-1-5(3-11)12-4-6/h1-2,4H,3,11H2. The first-order valence-corrected chi connectivity index (χ1v) is 4.23. The van der Waals surface area contributed by atoms with Gasteiger partial charge in [0.1, 0.15) is 0 Å². The van der Waals surface area contributed by atoms with E-state index in [-0.39, 0.29) is 23.2 Å². The highest BCUT2D eigenvalue weighted by Crippen LogP contribution is 2.36. The van der Waals surface area contributed by atoms with Crippen LogP contribution < -0.4 is 5.73 Å². The molecule has 0 unspecified atom stereocenters. The Morgan fingerprint density at radius 2 is 2.08 bits per heavy atom. The maximum absolute atomic E-state index is 11.8. The highest BCUT2D eigenvalue weighted by molar-refractivity contribution is 8.00. The summed E-state index contributed by atoms with van der Waals surface area (Å²) in [7, 11) is 0. The maximum atomic E-state index is 11.8. The third kappa shape index (κ3) is 3.65. The number of nitrogens with two attached hydrogens (primary N) is 1. The lowest BCUT2D eigenvalue weighted by atomic mass is 10.4. The number of halogens is 3. The molecule has 0 aliphatic carbocycles. The second-order valence-electron chi connectivity index (χ2n) is 2.24. The highest BCUT2D eigenvalue weighted by atomic mass is 32.2. The largest absolute Gasteiger partial charge is 0.446 e. The van der Waals surface area contributed by atoms with Gasteiger partial charge in [0.2, 0.25) is 0 Å². The molecule has 1 rings (SSSR count). The quantitative estimate of drug-likeness (QED) is 0.757. The predicted molar refractivity (Wildman–Crippen MR) is 44.0 cm³/mol. The van der Waals surface area contributed by atoms with Crippen molar-refractivity contribution in [2.24, 2.45) is 5.73 Å². The van der Waals surface area contributed by atoms with Crippen LogP contribution in [0.4, 0.5) is 13.2 Å². The summed E-state index contributed by atoms with van der Waals surface area (Å²) >= 11 is -0.183. The zero-order valence-electron chi connectivity index (χ0n) is 6.51. The van der Waals surface area contributed by atoms with Gasteiger partial charge in [-0.25, -0.2) is 0 Å². The molecular formula is C7H7F3N2S. The fourth-order valence-corrected chi connectivity index (χ4v) is 1.23. The number of hydrogen-bond acceptors (Lipinski definition) is 3. The van der Waals surface area contributed by atoms with E-state index >= 15 is 0 Å². The van der Waals surface area contributed by atoms with E-state index in [1.54, 1.807) is 0 Å². The first-order chi connectivity index (χ1) is 6.01. The normalized spacial score (nSPS) is 11.7. The van der Waals surface area contributed by atoms with E-state index in [9.17, 15) is 13.2 Å². The SMILES string of the molecule is NCc1ccc(SC(F)(F)F)cn1. The van der Waals surface area contributed by atoms with Crippen molar-refractivity contribution in [3.8, 4) is 0 Å². The molecule has 0 bridgehead atoms. The summed E-state index contributed by atoms with van der Waals surface area (Å²) in [6.45, 7) is 0.233. The molecule has 0 fully saturated rings. The van der Waals surface area contributed by atoms with E-state index < -0.39 is 5.51 Å². The molecule has 2 nitrogen and oxygen atoms in total. The zero-order valence-corrected chi connectivity index (χ0v) is 7.32. The minimum absolute atomic E-state index is 0.0738. The first kappa shape index (κ1) is 10.3. The first-order valence-electron chi connectivity index (χ1n) is 3.42. The topological polar surface area (TPSA) is 38.9 Å². The monoisotopic (exact) mass is 208 g/mol. The Hall–Kier alpha value is -0.750. The molecule has 1 aromatic rings. The minimum atomic E-state index is -4.26. The summed E-state index contributed by atoms with van der Waals surface area (Å²) in [5.74, 6) is 0. The molecule has 2 N–H and O–H groups in total. The molecule has 0 aliphatic rings. The second kappa shape index (κ2) is 3.97. The van der Waals surface area contributed by atoms with Gasteiger partial charge >= 0.3 is 5.51 Å². The Kier molecular flexibility index (Phi) is 3.16. The summed E-state index contributed by atoms with van der Waals surface area (Å²) in [5, 5.41) is 0. The van der Waals surface area contributed by atoms with Crippen molar-refractivity contribution < 1.29 is 13.2 Å². The van der Waals surface area contributed by atoms with Gasteiger partial charge in [-0.2, -0.15) is 13.2 Å². The van der Waals surface area contributed by atoms with E-state index in [4.69, 9.17) is 5.73 Å². The van der Waals surface area contributed by atoms with Crippen LogP contribution in [0, 0.1) is 0 Å². The van der Waals surface area contributed by atoms with Crippen molar-refractivity contribution in [3.63, 3.8) is 0 Å². The molecule has 13 heavy (non-hydrogen) atoms. The van der Waals surface area contributed by atoms with Crippen LogP contribution in [0.2, 0.25) is 0 Å². The van der Waals surface area contributed by atoms with Crippen molar-refractivity contribution in [3.05, 3.63) is 24.0 Å².